The van der Waals surface area contributed by atoms with Gasteiger partial charge in [0, 0.05) is 31.2 Å². The SMILES string of the molecule is COCCOc1cccc(CNC(=O)c2n[nH]c3ccc([N+](=O)[O-])cc23)c1. The number of ether oxygens (including phenoxy) is 2. The van der Waals surface area contributed by atoms with Gasteiger partial charge in [-0.05, 0) is 23.8 Å². The summed E-state index contributed by atoms with van der Waals surface area (Å²) in [6.07, 6.45) is 0. The number of aromatic amines is 1. The van der Waals surface area contributed by atoms with Crippen molar-refractivity contribution in [3.05, 3.63) is 63.8 Å². The van der Waals surface area contributed by atoms with Crippen LogP contribution in [0.3, 0.4) is 0 Å². The molecule has 0 saturated carbocycles. The number of H-pyrrole nitrogens is 1. The molecule has 3 aromatic rings. The van der Waals surface area contributed by atoms with E-state index in [1.165, 1.54) is 18.2 Å². The van der Waals surface area contributed by atoms with Crippen molar-refractivity contribution in [2.24, 2.45) is 0 Å². The predicted molar refractivity (Wildman–Crippen MR) is 97.7 cm³/mol. The highest BCUT2D eigenvalue weighted by molar-refractivity contribution is 6.05. The third kappa shape index (κ3) is 4.39. The van der Waals surface area contributed by atoms with Gasteiger partial charge >= 0.3 is 0 Å². The van der Waals surface area contributed by atoms with Crippen molar-refractivity contribution in [3.8, 4) is 5.75 Å². The molecule has 1 amide bonds. The highest BCUT2D eigenvalue weighted by Crippen LogP contribution is 2.22. The molecule has 0 saturated heterocycles. The Kier molecular flexibility index (Phi) is 5.62. The number of amides is 1. The zero-order chi connectivity index (χ0) is 19.2. The average Bonchev–Trinajstić information content (AvgIpc) is 3.10. The zero-order valence-corrected chi connectivity index (χ0v) is 14.6. The Balaban J connectivity index is 1.69. The van der Waals surface area contributed by atoms with E-state index in [1.54, 1.807) is 7.11 Å². The van der Waals surface area contributed by atoms with Gasteiger partial charge in [-0.15, -0.1) is 0 Å². The average molecular weight is 370 g/mol. The summed E-state index contributed by atoms with van der Waals surface area (Å²) in [4.78, 5) is 22.9. The number of carbonyl (C=O) groups excluding carboxylic acids is 1. The molecule has 0 radical (unpaired) electrons. The number of fused-ring (bicyclic) bond motifs is 1. The van der Waals surface area contributed by atoms with Crippen LogP contribution >= 0.6 is 0 Å². The number of nitrogens with zero attached hydrogens (tertiary/aromatic N) is 2. The van der Waals surface area contributed by atoms with Gasteiger partial charge in [-0.25, -0.2) is 0 Å². The predicted octanol–water partition coefficient (Wildman–Crippen LogP) is 2.43. The summed E-state index contributed by atoms with van der Waals surface area (Å²) in [5, 5.41) is 20.8. The minimum atomic E-state index is -0.511. The maximum absolute atomic E-state index is 12.5. The molecule has 2 aromatic carbocycles. The molecule has 0 aliphatic carbocycles. The van der Waals surface area contributed by atoms with Crippen molar-refractivity contribution in [2.45, 2.75) is 6.54 Å². The van der Waals surface area contributed by atoms with Crippen molar-refractivity contribution >= 4 is 22.5 Å². The van der Waals surface area contributed by atoms with Gasteiger partial charge in [0.05, 0.1) is 17.0 Å². The van der Waals surface area contributed by atoms with Crippen molar-refractivity contribution < 1.29 is 19.2 Å². The number of methoxy groups -OCH3 is 1. The Labute approximate surface area is 154 Å². The van der Waals surface area contributed by atoms with E-state index in [1.807, 2.05) is 24.3 Å². The second-order valence-electron chi connectivity index (χ2n) is 5.73. The van der Waals surface area contributed by atoms with Gasteiger partial charge in [-0.2, -0.15) is 5.10 Å². The van der Waals surface area contributed by atoms with E-state index in [0.717, 1.165) is 5.56 Å². The lowest BCUT2D eigenvalue weighted by Gasteiger charge is -2.08. The summed E-state index contributed by atoms with van der Waals surface area (Å²) >= 11 is 0. The molecule has 1 aromatic heterocycles. The normalized spacial score (nSPS) is 10.7. The molecule has 140 valence electrons. The van der Waals surface area contributed by atoms with Crippen LogP contribution in [0, 0.1) is 10.1 Å². The van der Waals surface area contributed by atoms with E-state index in [9.17, 15) is 14.9 Å². The first-order chi connectivity index (χ1) is 13.1. The van der Waals surface area contributed by atoms with Gasteiger partial charge in [0.1, 0.15) is 12.4 Å². The summed E-state index contributed by atoms with van der Waals surface area (Å²) in [6.45, 7) is 1.19. The van der Waals surface area contributed by atoms with Gasteiger partial charge in [-0.1, -0.05) is 12.1 Å². The van der Waals surface area contributed by atoms with Crippen LogP contribution in [0.25, 0.3) is 10.9 Å². The number of benzene rings is 2. The number of carbonyl (C=O) groups is 1. The smallest absolute Gasteiger partial charge is 0.272 e. The maximum Gasteiger partial charge on any atom is 0.272 e. The van der Waals surface area contributed by atoms with Crippen LogP contribution in [-0.2, 0) is 11.3 Å². The topological polar surface area (TPSA) is 119 Å². The lowest BCUT2D eigenvalue weighted by atomic mass is 10.1. The van der Waals surface area contributed by atoms with E-state index >= 15 is 0 Å². The van der Waals surface area contributed by atoms with E-state index in [2.05, 4.69) is 15.5 Å². The van der Waals surface area contributed by atoms with Gasteiger partial charge in [-0.3, -0.25) is 20.0 Å². The van der Waals surface area contributed by atoms with Crippen molar-refractivity contribution in [3.63, 3.8) is 0 Å². The molecular formula is C18H18N4O5. The van der Waals surface area contributed by atoms with Gasteiger partial charge < -0.3 is 14.8 Å². The molecule has 9 nitrogen and oxygen atoms in total. The molecule has 2 N–H and O–H groups in total. The number of hydrogen-bond donors (Lipinski definition) is 2. The van der Waals surface area contributed by atoms with Gasteiger partial charge in [0.2, 0.25) is 0 Å². The summed E-state index contributed by atoms with van der Waals surface area (Å²) in [5.74, 6) is 0.257. The molecule has 27 heavy (non-hydrogen) atoms. The molecule has 0 aliphatic heterocycles. The number of hydrogen-bond acceptors (Lipinski definition) is 6. The van der Waals surface area contributed by atoms with E-state index in [4.69, 9.17) is 9.47 Å². The van der Waals surface area contributed by atoms with Crippen LogP contribution < -0.4 is 10.1 Å². The molecule has 0 unspecified atom stereocenters. The lowest BCUT2D eigenvalue weighted by Crippen LogP contribution is -2.23. The fourth-order valence-corrected chi connectivity index (χ4v) is 2.54. The van der Waals surface area contributed by atoms with Crippen molar-refractivity contribution in [1.82, 2.24) is 15.5 Å². The number of rotatable bonds is 8. The Morgan fingerprint density at radius 1 is 1.26 bits per heavy atom. The maximum atomic E-state index is 12.5. The van der Waals surface area contributed by atoms with Crippen LogP contribution in [0.4, 0.5) is 5.69 Å². The fraction of sp³-hybridized carbons (Fsp3) is 0.222. The molecule has 0 spiro atoms. The third-order valence-electron chi connectivity index (χ3n) is 3.88. The first-order valence-corrected chi connectivity index (χ1v) is 8.20. The van der Waals surface area contributed by atoms with Gasteiger partial charge in [0.25, 0.3) is 11.6 Å². The fourth-order valence-electron chi connectivity index (χ4n) is 2.54. The van der Waals surface area contributed by atoms with Crippen LogP contribution in [0.5, 0.6) is 5.75 Å². The highest BCUT2D eigenvalue weighted by Gasteiger charge is 2.17. The first-order valence-electron chi connectivity index (χ1n) is 8.20. The van der Waals surface area contributed by atoms with Crippen LogP contribution in [0.15, 0.2) is 42.5 Å². The quantitative estimate of drug-likeness (QED) is 0.357. The second kappa shape index (κ2) is 8.28. The highest BCUT2D eigenvalue weighted by atomic mass is 16.6. The second-order valence-corrected chi connectivity index (χ2v) is 5.73. The molecule has 9 heteroatoms. The minimum Gasteiger partial charge on any atom is -0.491 e. The molecule has 0 fully saturated rings. The number of nitrogens with one attached hydrogen (secondary N) is 2. The van der Waals surface area contributed by atoms with E-state index in [-0.39, 0.29) is 17.9 Å². The minimum absolute atomic E-state index is 0.0983. The number of aromatic nitrogens is 2. The zero-order valence-electron chi connectivity index (χ0n) is 14.6. The van der Waals surface area contributed by atoms with E-state index < -0.39 is 10.8 Å². The van der Waals surface area contributed by atoms with Crippen LogP contribution in [0.1, 0.15) is 16.1 Å². The summed E-state index contributed by atoms with van der Waals surface area (Å²) in [5.41, 5.74) is 1.42. The molecular weight excluding hydrogens is 352 g/mol. The first kappa shape index (κ1) is 18.3. The molecule has 1 heterocycles. The van der Waals surface area contributed by atoms with Crippen LogP contribution in [-0.4, -0.2) is 41.4 Å². The number of nitro groups is 1. The summed E-state index contributed by atoms with van der Waals surface area (Å²) in [7, 11) is 1.60. The Morgan fingerprint density at radius 2 is 2.11 bits per heavy atom. The molecule has 0 bridgehead atoms. The number of non-ortho nitro benzene ring substituents is 1. The Hall–Kier alpha value is -3.46. The molecule has 0 aliphatic rings. The largest absolute Gasteiger partial charge is 0.491 e. The Bertz CT molecular complexity index is 969. The van der Waals surface area contributed by atoms with Crippen molar-refractivity contribution in [2.75, 3.05) is 20.3 Å². The van der Waals surface area contributed by atoms with Gasteiger partial charge in [0.15, 0.2) is 5.69 Å². The van der Waals surface area contributed by atoms with E-state index in [0.29, 0.717) is 29.9 Å². The summed E-state index contributed by atoms with van der Waals surface area (Å²) in [6, 6.07) is 11.5. The molecule has 3 rings (SSSR count). The lowest BCUT2D eigenvalue weighted by molar-refractivity contribution is -0.384. The van der Waals surface area contributed by atoms with Crippen molar-refractivity contribution in [1.29, 1.82) is 0 Å². The van der Waals surface area contributed by atoms with Crippen LogP contribution in [0.2, 0.25) is 0 Å². The Morgan fingerprint density at radius 3 is 2.89 bits per heavy atom. The monoisotopic (exact) mass is 370 g/mol. The standard InChI is InChI=1S/C18H18N4O5/c1-26-7-8-27-14-4-2-3-12(9-14)11-19-18(23)17-15-10-13(22(24)25)5-6-16(15)20-21-17/h2-6,9-10H,7-8,11H2,1H3,(H,19,23)(H,20,21). The summed E-state index contributed by atoms with van der Waals surface area (Å²) < 4.78 is 10.5. The third-order valence-corrected chi connectivity index (χ3v) is 3.88. The number of nitro benzene ring substituents is 1. The molecule has 0 atom stereocenters.